The topological polar surface area (TPSA) is 87.5 Å². The third-order valence-electron chi connectivity index (χ3n) is 5.87. The number of anilines is 1. The molecule has 0 spiro atoms. The molecule has 1 aromatic carbocycles. The number of imide groups is 1. The van der Waals surface area contributed by atoms with Crippen molar-refractivity contribution in [3.63, 3.8) is 0 Å². The van der Waals surface area contributed by atoms with Crippen LogP contribution in [0.1, 0.15) is 32.1 Å². The zero-order valence-corrected chi connectivity index (χ0v) is 17.6. The van der Waals surface area contributed by atoms with Crippen molar-refractivity contribution in [1.82, 2.24) is 19.8 Å². The van der Waals surface area contributed by atoms with Gasteiger partial charge in [-0.15, -0.1) is 0 Å². The highest BCUT2D eigenvalue weighted by atomic mass is 16.2. The van der Waals surface area contributed by atoms with Gasteiger partial charge in [0.25, 0.3) is 5.56 Å². The summed E-state index contributed by atoms with van der Waals surface area (Å²) >= 11 is 0. The van der Waals surface area contributed by atoms with E-state index in [0.717, 1.165) is 32.2 Å². The standard InChI is InChI=1S/C22H29N5O3/c1-25(2)20-22(30)26(18-8-4-3-7-17(18)24-20)13-11-19(28)27(16-9-10-16)21(29)15-6-5-12-23-14-15/h3-4,7-8,15-16,23H,5-6,9-14H2,1-2H3. The van der Waals surface area contributed by atoms with E-state index in [9.17, 15) is 14.4 Å². The first-order valence-corrected chi connectivity index (χ1v) is 10.7. The minimum Gasteiger partial charge on any atom is -0.358 e. The van der Waals surface area contributed by atoms with Crippen LogP contribution >= 0.6 is 0 Å². The summed E-state index contributed by atoms with van der Waals surface area (Å²) in [7, 11) is 3.55. The zero-order valence-electron chi connectivity index (χ0n) is 17.6. The summed E-state index contributed by atoms with van der Waals surface area (Å²) in [5.41, 5.74) is 1.17. The first kappa shape index (κ1) is 20.5. The summed E-state index contributed by atoms with van der Waals surface area (Å²) in [6, 6.07) is 7.45. The van der Waals surface area contributed by atoms with E-state index in [4.69, 9.17) is 0 Å². The smallest absolute Gasteiger partial charge is 0.293 e. The summed E-state index contributed by atoms with van der Waals surface area (Å²) in [5.74, 6) is -0.0411. The molecule has 2 aromatic rings. The molecule has 2 heterocycles. The average Bonchev–Trinajstić information content (AvgIpc) is 3.58. The van der Waals surface area contributed by atoms with Crippen LogP contribution in [0.4, 0.5) is 5.82 Å². The maximum Gasteiger partial charge on any atom is 0.293 e. The maximum atomic E-state index is 13.1. The van der Waals surface area contributed by atoms with Gasteiger partial charge in [-0.2, -0.15) is 0 Å². The highest BCUT2D eigenvalue weighted by Gasteiger charge is 2.39. The Morgan fingerprint density at radius 3 is 2.63 bits per heavy atom. The quantitative estimate of drug-likeness (QED) is 0.773. The molecule has 1 saturated carbocycles. The Kier molecular flexibility index (Phi) is 5.85. The number of nitrogens with one attached hydrogen (secondary N) is 1. The van der Waals surface area contributed by atoms with Gasteiger partial charge in [-0.05, 0) is 44.4 Å². The van der Waals surface area contributed by atoms with Crippen molar-refractivity contribution in [1.29, 1.82) is 0 Å². The molecule has 1 atom stereocenters. The van der Waals surface area contributed by atoms with E-state index in [1.807, 2.05) is 24.3 Å². The number of amides is 2. The number of nitrogens with zero attached hydrogens (tertiary/aromatic N) is 4. The number of hydrogen-bond donors (Lipinski definition) is 1. The Hall–Kier alpha value is -2.74. The Bertz CT molecular complexity index is 1010. The number of benzene rings is 1. The molecule has 8 heteroatoms. The van der Waals surface area contributed by atoms with Gasteiger partial charge in [-0.1, -0.05) is 12.1 Å². The van der Waals surface area contributed by atoms with E-state index in [-0.39, 0.29) is 42.3 Å². The molecule has 30 heavy (non-hydrogen) atoms. The van der Waals surface area contributed by atoms with Gasteiger partial charge < -0.3 is 14.8 Å². The van der Waals surface area contributed by atoms with Gasteiger partial charge in [0.15, 0.2) is 5.82 Å². The molecule has 0 radical (unpaired) electrons. The Labute approximate surface area is 175 Å². The van der Waals surface area contributed by atoms with Crippen LogP contribution in [0.2, 0.25) is 0 Å². The fraction of sp³-hybridized carbons (Fsp3) is 0.545. The van der Waals surface area contributed by atoms with Crippen molar-refractivity contribution < 1.29 is 9.59 Å². The third-order valence-corrected chi connectivity index (χ3v) is 5.87. The first-order chi connectivity index (χ1) is 14.5. The van der Waals surface area contributed by atoms with Crippen LogP contribution in [-0.4, -0.2) is 59.5 Å². The van der Waals surface area contributed by atoms with E-state index in [2.05, 4.69) is 10.3 Å². The second-order valence-electron chi connectivity index (χ2n) is 8.40. The van der Waals surface area contributed by atoms with Crippen LogP contribution in [-0.2, 0) is 16.1 Å². The first-order valence-electron chi connectivity index (χ1n) is 10.7. The number of aromatic nitrogens is 2. The van der Waals surface area contributed by atoms with Crippen LogP contribution in [0.5, 0.6) is 0 Å². The van der Waals surface area contributed by atoms with Gasteiger partial charge in [-0.3, -0.25) is 19.3 Å². The molecule has 1 N–H and O–H groups in total. The Balaban J connectivity index is 1.57. The van der Waals surface area contributed by atoms with E-state index in [0.29, 0.717) is 23.4 Å². The summed E-state index contributed by atoms with van der Waals surface area (Å²) in [6.07, 6.45) is 3.64. The van der Waals surface area contributed by atoms with E-state index < -0.39 is 0 Å². The summed E-state index contributed by atoms with van der Waals surface area (Å²) in [6.45, 7) is 1.78. The largest absolute Gasteiger partial charge is 0.358 e. The number of piperidine rings is 1. The SMILES string of the molecule is CN(C)c1nc2ccccc2n(CCC(=O)N(C(=O)C2CCCNC2)C2CC2)c1=O. The Morgan fingerprint density at radius 1 is 1.20 bits per heavy atom. The average molecular weight is 412 g/mol. The summed E-state index contributed by atoms with van der Waals surface area (Å²) in [5, 5.41) is 3.26. The normalized spacial score (nSPS) is 18.9. The van der Waals surface area contributed by atoms with Crippen LogP contribution in [0.3, 0.4) is 0 Å². The molecule has 4 rings (SSSR count). The van der Waals surface area contributed by atoms with Gasteiger partial charge in [0.2, 0.25) is 11.8 Å². The molecular formula is C22H29N5O3. The molecule has 2 fully saturated rings. The second kappa shape index (κ2) is 8.55. The lowest BCUT2D eigenvalue weighted by molar-refractivity contribution is -0.148. The zero-order chi connectivity index (χ0) is 21.3. The minimum absolute atomic E-state index is 0.0233. The van der Waals surface area contributed by atoms with Crippen molar-refractivity contribution in [3.8, 4) is 0 Å². The summed E-state index contributed by atoms with van der Waals surface area (Å²) in [4.78, 5) is 46.7. The highest BCUT2D eigenvalue weighted by Crippen LogP contribution is 2.30. The number of carbonyl (C=O) groups is 2. The van der Waals surface area contributed by atoms with Crippen LogP contribution in [0.15, 0.2) is 29.1 Å². The van der Waals surface area contributed by atoms with Gasteiger partial charge in [0.05, 0.1) is 17.0 Å². The molecule has 2 aliphatic rings. The number of aryl methyl sites for hydroxylation is 1. The van der Waals surface area contributed by atoms with Crippen molar-refractivity contribution in [2.24, 2.45) is 5.92 Å². The molecule has 2 amide bonds. The number of hydrogen-bond acceptors (Lipinski definition) is 6. The second-order valence-corrected chi connectivity index (χ2v) is 8.40. The van der Waals surface area contributed by atoms with Gasteiger partial charge >= 0.3 is 0 Å². The van der Waals surface area contributed by atoms with E-state index in [1.165, 1.54) is 4.90 Å². The maximum absolute atomic E-state index is 13.1. The van der Waals surface area contributed by atoms with Gasteiger partial charge in [0.1, 0.15) is 0 Å². The fourth-order valence-electron chi connectivity index (χ4n) is 4.12. The molecule has 1 aromatic heterocycles. The van der Waals surface area contributed by atoms with E-state index in [1.54, 1.807) is 23.6 Å². The lowest BCUT2D eigenvalue weighted by atomic mass is 9.98. The van der Waals surface area contributed by atoms with E-state index >= 15 is 0 Å². The molecule has 8 nitrogen and oxygen atoms in total. The number of fused-ring (bicyclic) bond motifs is 1. The third kappa shape index (κ3) is 4.09. The van der Waals surface area contributed by atoms with Crippen molar-refractivity contribution >= 4 is 28.7 Å². The highest BCUT2D eigenvalue weighted by molar-refractivity contribution is 5.97. The van der Waals surface area contributed by atoms with Crippen molar-refractivity contribution in [2.75, 3.05) is 32.1 Å². The van der Waals surface area contributed by atoms with Gasteiger partial charge in [-0.25, -0.2) is 4.98 Å². The molecule has 160 valence electrons. The predicted molar refractivity (Wildman–Crippen MR) is 115 cm³/mol. The monoisotopic (exact) mass is 411 g/mol. The van der Waals surface area contributed by atoms with Crippen molar-refractivity contribution in [3.05, 3.63) is 34.6 Å². The molecule has 1 unspecified atom stereocenters. The number of rotatable bonds is 6. The number of para-hydroxylation sites is 2. The van der Waals surface area contributed by atoms with Crippen LogP contribution < -0.4 is 15.8 Å². The lowest BCUT2D eigenvalue weighted by Crippen LogP contribution is -2.47. The molecular weight excluding hydrogens is 382 g/mol. The molecule has 1 saturated heterocycles. The van der Waals surface area contributed by atoms with Gasteiger partial charge in [0, 0.05) is 39.6 Å². The molecule has 0 bridgehead atoms. The minimum atomic E-state index is -0.229. The van der Waals surface area contributed by atoms with Crippen LogP contribution in [0.25, 0.3) is 11.0 Å². The summed E-state index contributed by atoms with van der Waals surface area (Å²) < 4.78 is 1.60. The Morgan fingerprint density at radius 2 is 1.97 bits per heavy atom. The van der Waals surface area contributed by atoms with Crippen LogP contribution in [0, 0.1) is 5.92 Å². The van der Waals surface area contributed by atoms with Crippen molar-refractivity contribution in [2.45, 2.75) is 44.7 Å². The predicted octanol–water partition coefficient (Wildman–Crippen LogP) is 1.37. The molecule has 1 aliphatic carbocycles. The lowest BCUT2D eigenvalue weighted by Gasteiger charge is -2.28. The molecule has 1 aliphatic heterocycles. The number of carbonyl (C=O) groups excluding carboxylic acids is 2. The fourth-order valence-corrected chi connectivity index (χ4v) is 4.12.